The van der Waals surface area contributed by atoms with Gasteiger partial charge in [0.15, 0.2) is 0 Å². The SMILES string of the molecule is CC(C)(C)OC(=O)N1CCC(C(=O)Cc2cnc(Nc3ccc(Oc4ccon4)cc3)n(Cc3ccc(Cl)cc3)c2=O)CC1. The highest BCUT2D eigenvalue weighted by Crippen LogP contribution is 2.24. The van der Waals surface area contributed by atoms with Crippen LogP contribution in [0.15, 0.2) is 76.4 Å². The first-order valence-electron chi connectivity index (χ1n) is 14.3. The summed E-state index contributed by atoms with van der Waals surface area (Å²) < 4.78 is 17.4. The molecule has 1 N–H and O–H groups in total. The summed E-state index contributed by atoms with van der Waals surface area (Å²) in [6, 6.07) is 15.9. The van der Waals surface area contributed by atoms with Gasteiger partial charge in [0.25, 0.3) is 11.4 Å². The highest BCUT2D eigenvalue weighted by Gasteiger charge is 2.30. The molecule has 1 amide bonds. The number of benzene rings is 2. The van der Waals surface area contributed by atoms with Crippen LogP contribution in [0, 0.1) is 5.92 Å². The topological polar surface area (TPSA) is 129 Å². The van der Waals surface area contributed by atoms with Gasteiger partial charge in [-0.25, -0.2) is 9.78 Å². The molecule has 12 heteroatoms. The van der Waals surface area contributed by atoms with Crippen molar-refractivity contribution in [2.45, 2.75) is 52.2 Å². The van der Waals surface area contributed by atoms with Crippen LogP contribution in [-0.4, -0.2) is 50.2 Å². The number of carbonyl (C=O) groups is 2. The Balaban J connectivity index is 1.31. The molecule has 1 aliphatic heterocycles. The van der Waals surface area contributed by atoms with E-state index in [-0.39, 0.29) is 36.3 Å². The van der Waals surface area contributed by atoms with Crippen molar-refractivity contribution in [2.24, 2.45) is 5.92 Å². The monoisotopic (exact) mass is 619 g/mol. The Kier molecular flexibility index (Phi) is 9.34. The molecule has 0 spiro atoms. The van der Waals surface area contributed by atoms with Crippen LogP contribution >= 0.6 is 11.6 Å². The van der Waals surface area contributed by atoms with Crippen molar-refractivity contribution >= 4 is 35.1 Å². The Morgan fingerprint density at radius 2 is 1.75 bits per heavy atom. The van der Waals surface area contributed by atoms with E-state index in [1.54, 1.807) is 47.4 Å². The van der Waals surface area contributed by atoms with E-state index in [0.717, 1.165) is 5.56 Å². The van der Waals surface area contributed by atoms with Gasteiger partial charge in [-0.15, -0.1) is 0 Å². The lowest BCUT2D eigenvalue weighted by Crippen LogP contribution is -2.43. The Bertz CT molecular complexity index is 1640. The van der Waals surface area contributed by atoms with Crippen molar-refractivity contribution < 1.29 is 23.6 Å². The number of aromatic nitrogens is 3. The van der Waals surface area contributed by atoms with E-state index in [1.165, 1.54) is 17.0 Å². The molecule has 2 aromatic heterocycles. The number of amides is 1. The first-order valence-corrected chi connectivity index (χ1v) is 14.7. The van der Waals surface area contributed by atoms with Gasteiger partial charge in [0.2, 0.25) is 5.95 Å². The van der Waals surface area contributed by atoms with Crippen molar-refractivity contribution in [1.82, 2.24) is 19.6 Å². The molecule has 2 aromatic carbocycles. The van der Waals surface area contributed by atoms with Gasteiger partial charge in [-0.3, -0.25) is 14.2 Å². The molecular weight excluding hydrogens is 586 g/mol. The molecule has 1 aliphatic rings. The van der Waals surface area contributed by atoms with E-state index >= 15 is 0 Å². The minimum Gasteiger partial charge on any atom is -0.444 e. The number of nitrogens with zero attached hydrogens (tertiary/aromatic N) is 4. The predicted octanol–water partition coefficient (Wildman–Crippen LogP) is 6.23. The molecule has 1 fully saturated rings. The molecule has 0 aliphatic carbocycles. The van der Waals surface area contributed by atoms with E-state index in [2.05, 4.69) is 15.5 Å². The summed E-state index contributed by atoms with van der Waals surface area (Å²) in [5.41, 5.74) is 0.925. The zero-order chi connectivity index (χ0) is 31.3. The van der Waals surface area contributed by atoms with Gasteiger partial charge < -0.3 is 24.2 Å². The lowest BCUT2D eigenvalue weighted by molar-refractivity contribution is -0.123. The normalized spacial score (nSPS) is 13.9. The van der Waals surface area contributed by atoms with Crippen molar-refractivity contribution in [2.75, 3.05) is 18.4 Å². The molecule has 0 radical (unpaired) electrons. The van der Waals surface area contributed by atoms with Crippen molar-refractivity contribution in [1.29, 1.82) is 0 Å². The number of piperidine rings is 1. The highest BCUT2D eigenvalue weighted by atomic mass is 35.5. The number of hydrogen-bond donors (Lipinski definition) is 1. The zero-order valence-corrected chi connectivity index (χ0v) is 25.5. The van der Waals surface area contributed by atoms with Gasteiger partial charge in [0.05, 0.1) is 6.54 Å². The summed E-state index contributed by atoms with van der Waals surface area (Å²) in [5, 5.41) is 7.53. The van der Waals surface area contributed by atoms with Crippen molar-refractivity contribution in [3.05, 3.63) is 93.6 Å². The number of nitrogens with one attached hydrogen (secondary N) is 1. The highest BCUT2D eigenvalue weighted by molar-refractivity contribution is 6.30. The number of likely N-dealkylation sites (tertiary alicyclic amines) is 1. The van der Waals surface area contributed by atoms with E-state index < -0.39 is 5.60 Å². The molecular formula is C32H34ClN5O6. The van der Waals surface area contributed by atoms with Gasteiger partial charge in [-0.05, 0) is 80.7 Å². The van der Waals surface area contributed by atoms with Crippen LogP contribution in [0.4, 0.5) is 16.4 Å². The maximum absolute atomic E-state index is 13.8. The van der Waals surface area contributed by atoms with Gasteiger partial charge in [0, 0.05) is 54.0 Å². The largest absolute Gasteiger partial charge is 0.444 e. The minimum atomic E-state index is -0.583. The van der Waals surface area contributed by atoms with E-state index in [4.69, 9.17) is 25.6 Å². The maximum atomic E-state index is 13.8. The summed E-state index contributed by atoms with van der Waals surface area (Å²) in [6.45, 7) is 6.54. The number of halogens is 1. The Labute approximate surface area is 259 Å². The first kappa shape index (κ1) is 30.8. The average Bonchev–Trinajstić information content (AvgIpc) is 3.50. The number of anilines is 2. The predicted molar refractivity (Wildman–Crippen MR) is 165 cm³/mol. The molecule has 1 saturated heterocycles. The molecule has 230 valence electrons. The fourth-order valence-electron chi connectivity index (χ4n) is 4.83. The zero-order valence-electron chi connectivity index (χ0n) is 24.8. The first-order chi connectivity index (χ1) is 21.0. The molecule has 3 heterocycles. The minimum absolute atomic E-state index is 0.0437. The second-order valence-corrected chi connectivity index (χ2v) is 12.0. The smallest absolute Gasteiger partial charge is 0.410 e. The number of ether oxygens (including phenoxy) is 2. The second kappa shape index (κ2) is 13.3. The van der Waals surface area contributed by atoms with Crippen molar-refractivity contribution in [3.8, 4) is 11.6 Å². The third-order valence-electron chi connectivity index (χ3n) is 7.09. The van der Waals surface area contributed by atoms with Crippen LogP contribution < -0.4 is 15.6 Å². The van der Waals surface area contributed by atoms with E-state index in [0.29, 0.717) is 59.8 Å². The van der Waals surface area contributed by atoms with Crippen LogP contribution in [0.2, 0.25) is 5.02 Å². The summed E-state index contributed by atoms with van der Waals surface area (Å²) in [5.74, 6) is 0.907. The second-order valence-electron chi connectivity index (χ2n) is 11.6. The van der Waals surface area contributed by atoms with Crippen LogP contribution in [0.5, 0.6) is 11.6 Å². The summed E-state index contributed by atoms with van der Waals surface area (Å²) in [6.07, 6.45) is 3.49. The van der Waals surface area contributed by atoms with E-state index in [9.17, 15) is 14.4 Å². The lowest BCUT2D eigenvalue weighted by Gasteiger charge is -2.33. The van der Waals surface area contributed by atoms with Crippen LogP contribution in [0.1, 0.15) is 44.7 Å². The van der Waals surface area contributed by atoms with Crippen molar-refractivity contribution in [3.63, 3.8) is 0 Å². The molecule has 0 unspecified atom stereocenters. The van der Waals surface area contributed by atoms with E-state index in [1.807, 2.05) is 32.9 Å². The van der Waals surface area contributed by atoms with Gasteiger partial charge in [-0.2, -0.15) is 0 Å². The Morgan fingerprint density at radius 3 is 2.39 bits per heavy atom. The number of ketones is 1. The molecule has 11 nitrogen and oxygen atoms in total. The fourth-order valence-corrected chi connectivity index (χ4v) is 4.95. The molecule has 0 atom stereocenters. The van der Waals surface area contributed by atoms with Gasteiger partial charge in [0.1, 0.15) is 23.4 Å². The molecule has 0 saturated carbocycles. The maximum Gasteiger partial charge on any atom is 0.410 e. The Hall–Kier alpha value is -4.64. The summed E-state index contributed by atoms with van der Waals surface area (Å²) >= 11 is 6.07. The third-order valence-corrected chi connectivity index (χ3v) is 7.34. The molecule has 44 heavy (non-hydrogen) atoms. The number of carbonyl (C=O) groups excluding carboxylic acids is 2. The lowest BCUT2D eigenvalue weighted by atomic mass is 9.90. The third kappa shape index (κ3) is 8.04. The average molecular weight is 620 g/mol. The number of hydrogen-bond acceptors (Lipinski definition) is 9. The summed E-state index contributed by atoms with van der Waals surface area (Å²) in [7, 11) is 0. The molecule has 0 bridgehead atoms. The Morgan fingerprint density at radius 1 is 1.05 bits per heavy atom. The van der Waals surface area contributed by atoms with Gasteiger partial charge in [-0.1, -0.05) is 23.7 Å². The summed E-state index contributed by atoms with van der Waals surface area (Å²) in [4.78, 5) is 45.7. The quantitative estimate of drug-likeness (QED) is 0.232. The van der Waals surface area contributed by atoms with Crippen LogP contribution in [0.3, 0.4) is 0 Å². The number of rotatable bonds is 9. The molecule has 5 rings (SSSR count). The van der Waals surface area contributed by atoms with Crippen LogP contribution in [-0.2, 0) is 22.5 Å². The standard InChI is InChI=1S/C32H34ClN5O6/c1-32(2,3)44-31(41)37-15-12-22(13-16-37)27(39)18-23-19-34-30(38(29(23)40)20-21-4-6-24(33)7-5-21)35-25-8-10-26(11-9-25)43-28-14-17-42-36-28/h4-11,14,17,19,22H,12-13,15-16,18,20H2,1-3H3,(H,34,35). The van der Waals surface area contributed by atoms with Gasteiger partial charge >= 0.3 is 6.09 Å². The molecule has 4 aromatic rings. The number of Topliss-reactive ketones (excluding diaryl/α,β-unsaturated/α-hetero) is 1. The fraction of sp³-hybridized carbons (Fsp3) is 0.344. The van der Waals surface area contributed by atoms with Crippen LogP contribution in [0.25, 0.3) is 0 Å².